The Kier molecular flexibility index (Phi) is 1.82. The summed E-state index contributed by atoms with van der Waals surface area (Å²) in [5.74, 6) is -0.0804. The summed E-state index contributed by atoms with van der Waals surface area (Å²) in [7, 11) is 1.54. The first-order valence-corrected chi connectivity index (χ1v) is 6.73. The fourth-order valence-corrected chi connectivity index (χ4v) is 3.13. The highest BCUT2D eigenvalue weighted by molar-refractivity contribution is 6.22. The van der Waals surface area contributed by atoms with Crippen molar-refractivity contribution in [2.45, 2.75) is 0 Å². The van der Waals surface area contributed by atoms with Crippen LogP contribution >= 0.6 is 0 Å². The molecule has 5 aromatic rings. The number of imidazole rings is 1. The van der Waals surface area contributed by atoms with Crippen LogP contribution in [0.4, 0.5) is 0 Å². The average Bonchev–Trinajstić information content (AvgIpc) is 3.19. The van der Waals surface area contributed by atoms with Gasteiger partial charge in [0.1, 0.15) is 11.0 Å². The highest BCUT2D eigenvalue weighted by Crippen LogP contribution is 2.35. The summed E-state index contributed by atoms with van der Waals surface area (Å²) in [4.78, 5) is 25.7. The minimum Gasteiger partial charge on any atom is -0.493 e. The summed E-state index contributed by atoms with van der Waals surface area (Å²) in [6.07, 6.45) is 5.00. The maximum atomic E-state index is 12.6. The van der Waals surface area contributed by atoms with Crippen molar-refractivity contribution in [2.75, 3.05) is 0 Å². The van der Waals surface area contributed by atoms with Gasteiger partial charge in [-0.25, -0.2) is 15.0 Å². The van der Waals surface area contributed by atoms with E-state index in [1.165, 1.54) is 4.57 Å². The molecular weight excluding hydrogens is 282 g/mol. The summed E-state index contributed by atoms with van der Waals surface area (Å²) in [5, 5.41) is 12.3. The number of pyridine rings is 2. The predicted molar refractivity (Wildman–Crippen MR) is 81.4 cm³/mol. The van der Waals surface area contributed by atoms with Gasteiger partial charge in [-0.15, -0.1) is 0 Å². The van der Waals surface area contributed by atoms with E-state index in [-0.39, 0.29) is 11.4 Å². The first kappa shape index (κ1) is 11.4. The van der Waals surface area contributed by atoms with Crippen LogP contribution in [0.1, 0.15) is 0 Å². The molecule has 0 bridgehead atoms. The van der Waals surface area contributed by atoms with Crippen LogP contribution in [0.15, 0.2) is 35.5 Å². The largest absolute Gasteiger partial charge is 0.493 e. The number of hydrogen-bond donors (Lipinski definition) is 1. The third-order valence-electron chi connectivity index (χ3n) is 4.14. The van der Waals surface area contributed by atoms with Crippen LogP contribution in [-0.4, -0.2) is 29.0 Å². The molecule has 0 unspecified atom stereocenters. The number of hydrogen-bond acceptors (Lipinski definition) is 5. The van der Waals surface area contributed by atoms with Crippen LogP contribution in [0.25, 0.3) is 38.5 Å². The number of aromatic hydroxyl groups is 1. The van der Waals surface area contributed by atoms with Crippen molar-refractivity contribution in [1.29, 1.82) is 0 Å². The van der Waals surface area contributed by atoms with Crippen molar-refractivity contribution in [3.63, 3.8) is 0 Å². The van der Waals surface area contributed by atoms with E-state index in [4.69, 9.17) is 0 Å². The Balaban J connectivity index is 2.32. The van der Waals surface area contributed by atoms with Crippen LogP contribution in [0, 0.1) is 0 Å². The number of nitrogens with zero attached hydrogens (tertiary/aromatic N) is 5. The van der Waals surface area contributed by atoms with Gasteiger partial charge in [-0.3, -0.25) is 13.8 Å². The molecule has 0 aliphatic rings. The van der Waals surface area contributed by atoms with Gasteiger partial charge in [-0.1, -0.05) is 0 Å². The lowest BCUT2D eigenvalue weighted by atomic mass is 10.1. The van der Waals surface area contributed by atoms with Gasteiger partial charge in [0.15, 0.2) is 11.3 Å². The van der Waals surface area contributed by atoms with Crippen LogP contribution in [-0.2, 0) is 7.05 Å². The van der Waals surface area contributed by atoms with E-state index in [9.17, 15) is 9.90 Å². The zero-order valence-corrected chi connectivity index (χ0v) is 11.5. The molecule has 0 amide bonds. The fraction of sp³-hybridized carbons (Fsp3) is 0.0667. The van der Waals surface area contributed by atoms with Crippen molar-refractivity contribution >= 4 is 38.5 Å². The molecule has 1 N–H and O–H groups in total. The molecule has 0 radical (unpaired) electrons. The van der Waals surface area contributed by atoms with Gasteiger partial charge >= 0.3 is 0 Å². The van der Waals surface area contributed by atoms with Crippen molar-refractivity contribution in [3.05, 3.63) is 41.1 Å². The zero-order valence-electron chi connectivity index (χ0n) is 11.5. The summed E-state index contributed by atoms with van der Waals surface area (Å²) < 4.78 is 2.93. The van der Waals surface area contributed by atoms with Crippen LogP contribution < -0.4 is 5.56 Å². The van der Waals surface area contributed by atoms with Gasteiger partial charge in [-0.05, 0) is 12.1 Å². The zero-order chi connectivity index (χ0) is 15.0. The Morgan fingerprint density at radius 3 is 2.91 bits per heavy atom. The van der Waals surface area contributed by atoms with Gasteiger partial charge in [0, 0.05) is 36.4 Å². The molecule has 0 aliphatic heterocycles. The molecule has 0 fully saturated rings. The Morgan fingerprint density at radius 2 is 2.05 bits per heavy atom. The van der Waals surface area contributed by atoms with Crippen molar-refractivity contribution < 1.29 is 5.11 Å². The van der Waals surface area contributed by atoms with E-state index in [2.05, 4.69) is 15.0 Å². The van der Waals surface area contributed by atoms with Gasteiger partial charge in [0.05, 0.1) is 5.39 Å². The maximum Gasteiger partial charge on any atom is 0.263 e. The molecule has 0 atom stereocenters. The second kappa shape index (κ2) is 3.51. The third-order valence-corrected chi connectivity index (χ3v) is 4.14. The number of fused-ring (bicyclic) bond motifs is 8. The van der Waals surface area contributed by atoms with E-state index >= 15 is 0 Å². The molecule has 5 heterocycles. The molecule has 0 aromatic carbocycles. The average molecular weight is 291 g/mol. The molecule has 0 saturated heterocycles. The Bertz CT molecular complexity index is 1270. The number of rotatable bonds is 0. The fourth-order valence-electron chi connectivity index (χ4n) is 3.13. The Hall–Kier alpha value is -3.22. The topological polar surface area (TPSA) is 85.3 Å². The van der Waals surface area contributed by atoms with E-state index in [1.807, 2.05) is 6.07 Å². The summed E-state index contributed by atoms with van der Waals surface area (Å²) in [6.45, 7) is 0. The van der Waals surface area contributed by atoms with E-state index in [1.54, 1.807) is 36.1 Å². The Labute approximate surface area is 122 Å². The van der Waals surface area contributed by atoms with E-state index in [0.29, 0.717) is 33.1 Å². The predicted octanol–water partition coefficient (Wildman–Crippen LogP) is 1.43. The molecule has 0 aliphatic carbocycles. The van der Waals surface area contributed by atoms with E-state index < -0.39 is 0 Å². The van der Waals surface area contributed by atoms with Gasteiger partial charge in [-0.2, -0.15) is 0 Å². The minimum absolute atomic E-state index is 0.0804. The lowest BCUT2D eigenvalue weighted by Crippen LogP contribution is -2.09. The second-order valence-corrected chi connectivity index (χ2v) is 5.24. The van der Waals surface area contributed by atoms with Crippen LogP contribution in [0.2, 0.25) is 0 Å². The van der Waals surface area contributed by atoms with Crippen LogP contribution in [0.5, 0.6) is 5.88 Å². The molecule has 7 heteroatoms. The third kappa shape index (κ3) is 1.09. The summed E-state index contributed by atoms with van der Waals surface area (Å²) in [5.41, 5.74) is 1.98. The van der Waals surface area contributed by atoms with E-state index in [0.717, 1.165) is 5.39 Å². The lowest BCUT2D eigenvalue weighted by molar-refractivity contribution is 0.433. The molecule has 5 aromatic heterocycles. The molecule has 0 spiro atoms. The summed E-state index contributed by atoms with van der Waals surface area (Å²) >= 11 is 0. The normalized spacial score (nSPS) is 12.2. The highest BCUT2D eigenvalue weighted by atomic mass is 16.3. The molecule has 5 rings (SSSR count). The lowest BCUT2D eigenvalue weighted by Gasteiger charge is -2.00. The standard InChI is InChI=1S/C15H9N5O2/c1-19-14(21)9-8-7-3-2-4-16-12(7)18-10(8)13-17-5-6-20(13)11(9)15(19)22/h2-6,22H,1H3. The van der Waals surface area contributed by atoms with Gasteiger partial charge in [0.2, 0.25) is 5.88 Å². The quantitative estimate of drug-likeness (QED) is 0.466. The van der Waals surface area contributed by atoms with Crippen molar-refractivity contribution in [2.24, 2.45) is 7.05 Å². The first-order chi connectivity index (χ1) is 10.7. The number of aromatic nitrogens is 5. The molecule has 0 saturated carbocycles. The van der Waals surface area contributed by atoms with Crippen molar-refractivity contribution in [1.82, 2.24) is 23.9 Å². The van der Waals surface area contributed by atoms with Crippen molar-refractivity contribution in [3.8, 4) is 5.88 Å². The smallest absolute Gasteiger partial charge is 0.263 e. The molecule has 7 nitrogen and oxygen atoms in total. The van der Waals surface area contributed by atoms with Gasteiger partial charge in [0.25, 0.3) is 5.56 Å². The first-order valence-electron chi connectivity index (χ1n) is 6.73. The second-order valence-electron chi connectivity index (χ2n) is 5.24. The molecular formula is C15H9N5O2. The maximum absolute atomic E-state index is 12.6. The molecule has 22 heavy (non-hydrogen) atoms. The SMILES string of the molecule is Cn1c(O)c2c(c1=O)c1c3cccnc3nc1c1nccn12. The minimum atomic E-state index is -0.258. The Morgan fingerprint density at radius 1 is 1.18 bits per heavy atom. The monoisotopic (exact) mass is 291 g/mol. The molecule has 106 valence electrons. The highest BCUT2D eigenvalue weighted by Gasteiger charge is 2.23. The van der Waals surface area contributed by atoms with Gasteiger partial charge < -0.3 is 5.11 Å². The summed E-state index contributed by atoms with van der Waals surface area (Å²) in [6, 6.07) is 3.68. The van der Waals surface area contributed by atoms with Crippen LogP contribution in [0.3, 0.4) is 0 Å².